The van der Waals surface area contributed by atoms with Gasteiger partial charge in [-0.15, -0.1) is 0 Å². The van der Waals surface area contributed by atoms with E-state index in [0.29, 0.717) is 12.4 Å². The maximum atomic E-state index is 10.5. The van der Waals surface area contributed by atoms with Gasteiger partial charge in [0.2, 0.25) is 5.95 Å². The lowest BCUT2D eigenvalue weighted by Gasteiger charge is -2.08. The average molecular weight is 262 g/mol. The van der Waals surface area contributed by atoms with Gasteiger partial charge in [0.05, 0.1) is 0 Å². The van der Waals surface area contributed by atoms with Gasteiger partial charge in [0.1, 0.15) is 0 Å². The van der Waals surface area contributed by atoms with Crippen molar-refractivity contribution >= 4 is 22.7 Å². The molecule has 0 radical (unpaired) electrons. The molecule has 6 heteroatoms. The second-order valence-electron chi connectivity index (χ2n) is 3.66. The molecular formula is C12H12N3O2S-. The minimum atomic E-state index is -2.01. The first-order valence-electron chi connectivity index (χ1n) is 5.43. The van der Waals surface area contributed by atoms with Crippen LogP contribution in [-0.4, -0.2) is 24.5 Å². The molecule has 0 bridgehead atoms. The van der Waals surface area contributed by atoms with Gasteiger partial charge in [0.25, 0.3) is 0 Å². The number of rotatable bonds is 5. The number of nitrogens with zero attached hydrogens (tertiary/aromatic N) is 2. The second kappa shape index (κ2) is 6.23. The van der Waals surface area contributed by atoms with E-state index in [0.717, 1.165) is 11.3 Å². The lowest BCUT2D eigenvalue weighted by molar-refractivity contribution is 0.536. The fraction of sp³-hybridized carbons (Fsp3) is 0.167. The van der Waals surface area contributed by atoms with Crippen LogP contribution in [0, 0.1) is 0 Å². The third kappa shape index (κ3) is 3.90. The summed E-state index contributed by atoms with van der Waals surface area (Å²) in [7, 11) is 0. The zero-order valence-corrected chi connectivity index (χ0v) is 10.4. The molecule has 0 fully saturated rings. The van der Waals surface area contributed by atoms with Crippen molar-refractivity contribution < 1.29 is 8.76 Å². The SMILES string of the molecule is O=S([O-])CCc1cccc(Nc2ncccn2)c1. The van der Waals surface area contributed by atoms with Gasteiger partial charge in [-0.2, -0.15) is 0 Å². The molecule has 0 saturated carbocycles. The largest absolute Gasteiger partial charge is 0.772 e. The van der Waals surface area contributed by atoms with E-state index in [2.05, 4.69) is 15.3 Å². The average Bonchev–Trinajstić information content (AvgIpc) is 2.38. The van der Waals surface area contributed by atoms with E-state index < -0.39 is 11.1 Å². The van der Waals surface area contributed by atoms with Crippen LogP contribution < -0.4 is 5.32 Å². The van der Waals surface area contributed by atoms with Gasteiger partial charge in [-0.25, -0.2) is 9.97 Å². The summed E-state index contributed by atoms with van der Waals surface area (Å²) >= 11 is -2.01. The molecule has 0 amide bonds. The molecule has 0 aliphatic carbocycles. The van der Waals surface area contributed by atoms with Crippen LogP contribution >= 0.6 is 0 Å². The van der Waals surface area contributed by atoms with Gasteiger partial charge in [-0.1, -0.05) is 23.2 Å². The summed E-state index contributed by atoms with van der Waals surface area (Å²) < 4.78 is 21.0. The number of nitrogens with one attached hydrogen (secondary N) is 1. The van der Waals surface area contributed by atoms with Crippen LogP contribution in [0.15, 0.2) is 42.7 Å². The number of aryl methyl sites for hydroxylation is 1. The van der Waals surface area contributed by atoms with Crippen LogP contribution in [0.2, 0.25) is 0 Å². The van der Waals surface area contributed by atoms with E-state index in [-0.39, 0.29) is 5.75 Å². The van der Waals surface area contributed by atoms with Crippen molar-refractivity contribution in [3.63, 3.8) is 0 Å². The third-order valence-electron chi connectivity index (χ3n) is 2.31. The van der Waals surface area contributed by atoms with E-state index in [1.165, 1.54) is 0 Å². The minimum absolute atomic E-state index is 0.130. The maximum absolute atomic E-state index is 10.5. The molecule has 18 heavy (non-hydrogen) atoms. The molecule has 2 aromatic rings. The van der Waals surface area contributed by atoms with Crippen molar-refractivity contribution in [2.75, 3.05) is 11.1 Å². The lowest BCUT2D eigenvalue weighted by Crippen LogP contribution is -2.00. The summed E-state index contributed by atoms with van der Waals surface area (Å²) in [4.78, 5) is 8.11. The van der Waals surface area contributed by atoms with Crippen LogP contribution in [-0.2, 0) is 17.5 Å². The van der Waals surface area contributed by atoms with Crippen molar-refractivity contribution in [3.8, 4) is 0 Å². The molecule has 5 nitrogen and oxygen atoms in total. The van der Waals surface area contributed by atoms with Gasteiger partial charge >= 0.3 is 0 Å². The van der Waals surface area contributed by atoms with E-state index in [4.69, 9.17) is 0 Å². The predicted octanol–water partition coefficient (Wildman–Crippen LogP) is 1.64. The Morgan fingerprint density at radius 2 is 2.00 bits per heavy atom. The number of anilines is 2. The molecule has 1 N–H and O–H groups in total. The van der Waals surface area contributed by atoms with E-state index in [1.807, 2.05) is 24.3 Å². The zero-order chi connectivity index (χ0) is 12.8. The Bertz CT molecular complexity index is 534. The smallest absolute Gasteiger partial charge is 0.227 e. The zero-order valence-electron chi connectivity index (χ0n) is 9.57. The normalized spacial score (nSPS) is 12.1. The first kappa shape index (κ1) is 12.7. The third-order valence-corrected chi connectivity index (χ3v) is 2.84. The summed E-state index contributed by atoms with van der Waals surface area (Å²) in [5.41, 5.74) is 1.80. The Kier molecular flexibility index (Phi) is 4.38. The first-order chi connectivity index (χ1) is 8.74. The molecule has 0 saturated heterocycles. The van der Waals surface area contributed by atoms with Crippen LogP contribution in [0.3, 0.4) is 0 Å². The first-order valence-corrected chi connectivity index (χ1v) is 6.67. The van der Waals surface area contributed by atoms with E-state index >= 15 is 0 Å². The highest BCUT2D eigenvalue weighted by molar-refractivity contribution is 7.79. The molecule has 1 atom stereocenters. The Morgan fingerprint density at radius 1 is 1.22 bits per heavy atom. The lowest BCUT2D eigenvalue weighted by atomic mass is 10.1. The highest BCUT2D eigenvalue weighted by Crippen LogP contribution is 2.14. The second-order valence-corrected chi connectivity index (χ2v) is 4.67. The van der Waals surface area contributed by atoms with Crippen molar-refractivity contribution in [1.82, 2.24) is 9.97 Å². The fourth-order valence-electron chi connectivity index (χ4n) is 1.50. The summed E-state index contributed by atoms with van der Waals surface area (Å²) in [6.07, 6.45) is 3.81. The summed E-state index contributed by atoms with van der Waals surface area (Å²) in [5.74, 6) is 0.646. The topological polar surface area (TPSA) is 77.9 Å². The molecule has 1 unspecified atom stereocenters. The molecular weight excluding hydrogens is 250 g/mol. The Hall–Kier alpha value is -1.79. The number of aromatic nitrogens is 2. The van der Waals surface area contributed by atoms with Crippen LogP contribution in [0.25, 0.3) is 0 Å². The van der Waals surface area contributed by atoms with E-state index in [9.17, 15) is 8.76 Å². The molecule has 0 aliphatic heterocycles. The molecule has 1 heterocycles. The molecule has 1 aromatic carbocycles. The van der Waals surface area contributed by atoms with Gasteiger partial charge in [0, 0.05) is 23.8 Å². The van der Waals surface area contributed by atoms with Gasteiger partial charge < -0.3 is 9.87 Å². The predicted molar refractivity (Wildman–Crippen MR) is 69.2 cm³/mol. The van der Waals surface area contributed by atoms with E-state index in [1.54, 1.807) is 18.5 Å². The van der Waals surface area contributed by atoms with Crippen molar-refractivity contribution in [3.05, 3.63) is 48.3 Å². The van der Waals surface area contributed by atoms with Gasteiger partial charge in [0.15, 0.2) is 0 Å². The van der Waals surface area contributed by atoms with Crippen molar-refractivity contribution in [1.29, 1.82) is 0 Å². The van der Waals surface area contributed by atoms with Crippen LogP contribution in [0.1, 0.15) is 5.56 Å². The summed E-state index contributed by atoms with van der Waals surface area (Å²) in [6, 6.07) is 9.28. The molecule has 94 valence electrons. The number of hydrogen-bond donors (Lipinski definition) is 1. The van der Waals surface area contributed by atoms with Crippen LogP contribution in [0.4, 0.5) is 11.6 Å². The monoisotopic (exact) mass is 262 g/mol. The standard InChI is InChI=1S/C12H13N3O2S/c16-18(17)8-5-10-3-1-4-11(9-10)15-12-13-6-2-7-14-12/h1-4,6-7,9H,5,8H2,(H,16,17)(H,13,14,15)/p-1. The molecule has 1 aromatic heterocycles. The Balaban J connectivity index is 2.05. The minimum Gasteiger partial charge on any atom is -0.772 e. The maximum Gasteiger partial charge on any atom is 0.227 e. The van der Waals surface area contributed by atoms with Gasteiger partial charge in [-0.3, -0.25) is 4.21 Å². The van der Waals surface area contributed by atoms with Crippen molar-refractivity contribution in [2.24, 2.45) is 0 Å². The molecule has 0 spiro atoms. The fourth-order valence-corrected chi connectivity index (χ4v) is 1.90. The van der Waals surface area contributed by atoms with Gasteiger partial charge in [-0.05, 0) is 30.2 Å². The number of benzene rings is 1. The Labute approximate surface area is 108 Å². The summed E-state index contributed by atoms with van der Waals surface area (Å²) in [5, 5.41) is 3.06. The van der Waals surface area contributed by atoms with Crippen molar-refractivity contribution in [2.45, 2.75) is 6.42 Å². The number of hydrogen-bond acceptors (Lipinski definition) is 5. The summed E-state index contributed by atoms with van der Waals surface area (Å²) in [6.45, 7) is 0. The molecule has 2 rings (SSSR count). The Morgan fingerprint density at radius 3 is 2.72 bits per heavy atom. The quantitative estimate of drug-likeness (QED) is 0.829. The molecule has 0 aliphatic rings. The highest BCUT2D eigenvalue weighted by Gasteiger charge is 1.98. The highest BCUT2D eigenvalue weighted by atomic mass is 32.2. The van der Waals surface area contributed by atoms with Crippen LogP contribution in [0.5, 0.6) is 0 Å².